The van der Waals surface area contributed by atoms with E-state index in [4.69, 9.17) is 37.4 Å². The van der Waals surface area contributed by atoms with E-state index in [1.165, 1.54) is 17.3 Å². The third-order valence-corrected chi connectivity index (χ3v) is 3.93. The molecule has 0 saturated carbocycles. The molecular weight excluding hydrogens is 391 g/mol. The van der Waals surface area contributed by atoms with E-state index in [0.717, 1.165) is 11.5 Å². The maximum atomic E-state index is 6.27. The van der Waals surface area contributed by atoms with Gasteiger partial charge in [-0.15, -0.1) is 10.2 Å². The topological polar surface area (TPSA) is 70.8 Å². The standard InChI is InChI=1S/C18H16Cl2N4O3/c1-25-15-2-4-16(5-3-15)26-6-7-27-18-13(8-14(19)9-17(18)20)10-23-24-11-21-22-12-24/h2-5,8-12H,6-7H2,1H3. The molecule has 0 atom stereocenters. The summed E-state index contributed by atoms with van der Waals surface area (Å²) in [5.41, 5.74) is 0.630. The van der Waals surface area contributed by atoms with Crippen molar-refractivity contribution in [3.63, 3.8) is 0 Å². The number of methoxy groups -OCH3 is 1. The molecule has 0 N–H and O–H groups in total. The molecule has 140 valence electrons. The van der Waals surface area contributed by atoms with Gasteiger partial charge in [0.05, 0.1) is 18.3 Å². The second-order valence-corrected chi connectivity index (χ2v) is 6.11. The largest absolute Gasteiger partial charge is 0.497 e. The minimum absolute atomic E-state index is 0.293. The molecule has 0 fully saturated rings. The summed E-state index contributed by atoms with van der Waals surface area (Å²) in [7, 11) is 1.61. The number of ether oxygens (including phenoxy) is 3. The normalized spacial score (nSPS) is 10.9. The quantitative estimate of drug-likeness (QED) is 0.418. The highest BCUT2D eigenvalue weighted by molar-refractivity contribution is 6.36. The van der Waals surface area contributed by atoms with Crippen molar-refractivity contribution in [3.8, 4) is 17.2 Å². The van der Waals surface area contributed by atoms with Gasteiger partial charge < -0.3 is 14.2 Å². The summed E-state index contributed by atoms with van der Waals surface area (Å²) in [6.07, 6.45) is 4.50. The molecule has 3 aromatic rings. The number of hydrogen-bond acceptors (Lipinski definition) is 6. The second kappa shape index (κ2) is 9.25. The summed E-state index contributed by atoms with van der Waals surface area (Å²) >= 11 is 12.3. The molecular formula is C18H16Cl2N4O3. The van der Waals surface area contributed by atoms with Gasteiger partial charge in [0.25, 0.3) is 0 Å². The summed E-state index contributed by atoms with van der Waals surface area (Å²) in [4.78, 5) is 0. The van der Waals surface area contributed by atoms with E-state index in [1.807, 2.05) is 24.3 Å². The van der Waals surface area contributed by atoms with Crippen molar-refractivity contribution < 1.29 is 14.2 Å². The van der Waals surface area contributed by atoms with Gasteiger partial charge in [0.1, 0.15) is 43.1 Å². The number of nitrogens with zero attached hydrogens (tertiary/aromatic N) is 4. The Hall–Kier alpha value is -2.77. The zero-order valence-corrected chi connectivity index (χ0v) is 15.9. The van der Waals surface area contributed by atoms with E-state index in [1.54, 1.807) is 25.5 Å². The predicted molar refractivity (Wildman–Crippen MR) is 103 cm³/mol. The molecule has 27 heavy (non-hydrogen) atoms. The molecule has 0 amide bonds. The van der Waals surface area contributed by atoms with E-state index < -0.39 is 0 Å². The van der Waals surface area contributed by atoms with Crippen LogP contribution in [0.4, 0.5) is 0 Å². The lowest BCUT2D eigenvalue weighted by atomic mass is 10.2. The Kier molecular flexibility index (Phi) is 6.51. The van der Waals surface area contributed by atoms with Crippen molar-refractivity contribution in [3.05, 3.63) is 64.7 Å². The fraction of sp³-hybridized carbons (Fsp3) is 0.167. The van der Waals surface area contributed by atoms with Crippen LogP contribution in [0.15, 0.2) is 54.2 Å². The highest BCUT2D eigenvalue weighted by atomic mass is 35.5. The SMILES string of the molecule is COc1ccc(OCCOc2c(Cl)cc(Cl)cc2C=Nn2cnnc2)cc1. The van der Waals surface area contributed by atoms with Crippen molar-refractivity contribution in [1.82, 2.24) is 14.9 Å². The van der Waals surface area contributed by atoms with Crippen LogP contribution in [0.2, 0.25) is 10.0 Å². The van der Waals surface area contributed by atoms with Crippen LogP contribution in [0.5, 0.6) is 17.2 Å². The van der Waals surface area contributed by atoms with Crippen LogP contribution in [-0.2, 0) is 0 Å². The summed E-state index contributed by atoms with van der Waals surface area (Å²) in [5, 5.41) is 12.4. The molecule has 1 aromatic heterocycles. The molecule has 2 aromatic carbocycles. The summed E-state index contributed by atoms with van der Waals surface area (Å²) in [6.45, 7) is 0.633. The summed E-state index contributed by atoms with van der Waals surface area (Å²) < 4.78 is 18.0. The third kappa shape index (κ3) is 5.35. The van der Waals surface area contributed by atoms with Gasteiger partial charge in [0, 0.05) is 10.6 Å². The number of benzene rings is 2. The number of aromatic nitrogens is 3. The fourth-order valence-electron chi connectivity index (χ4n) is 2.19. The molecule has 0 aliphatic carbocycles. The van der Waals surface area contributed by atoms with E-state index in [-0.39, 0.29) is 0 Å². The van der Waals surface area contributed by atoms with E-state index in [2.05, 4.69) is 15.3 Å². The van der Waals surface area contributed by atoms with Crippen molar-refractivity contribution in [2.75, 3.05) is 20.3 Å². The van der Waals surface area contributed by atoms with E-state index in [0.29, 0.717) is 34.6 Å². The molecule has 0 aliphatic heterocycles. The zero-order chi connectivity index (χ0) is 19.1. The van der Waals surface area contributed by atoms with Crippen LogP contribution >= 0.6 is 23.2 Å². The molecule has 0 aliphatic rings. The highest BCUT2D eigenvalue weighted by Gasteiger charge is 2.10. The Balaban J connectivity index is 1.63. The molecule has 3 rings (SSSR count). The Morgan fingerprint density at radius 3 is 2.37 bits per heavy atom. The Labute approximate surface area is 166 Å². The monoisotopic (exact) mass is 406 g/mol. The number of rotatable bonds is 8. The van der Waals surface area contributed by atoms with Crippen LogP contribution in [-0.4, -0.2) is 41.4 Å². The average Bonchev–Trinajstić information content (AvgIpc) is 3.19. The minimum atomic E-state index is 0.293. The first-order chi connectivity index (χ1) is 13.2. The average molecular weight is 407 g/mol. The van der Waals surface area contributed by atoms with Crippen molar-refractivity contribution in [2.24, 2.45) is 5.10 Å². The van der Waals surface area contributed by atoms with Gasteiger partial charge >= 0.3 is 0 Å². The molecule has 0 bridgehead atoms. The zero-order valence-electron chi connectivity index (χ0n) is 14.4. The predicted octanol–water partition coefficient (Wildman–Crippen LogP) is 3.93. The smallest absolute Gasteiger partial charge is 0.147 e. The number of hydrogen-bond donors (Lipinski definition) is 0. The maximum absolute atomic E-state index is 6.27. The van der Waals surface area contributed by atoms with Gasteiger partial charge in [-0.05, 0) is 36.4 Å². The summed E-state index contributed by atoms with van der Waals surface area (Å²) in [5.74, 6) is 1.95. The molecule has 0 radical (unpaired) electrons. The second-order valence-electron chi connectivity index (χ2n) is 5.26. The van der Waals surface area contributed by atoms with Gasteiger partial charge in [0.15, 0.2) is 0 Å². The Morgan fingerprint density at radius 1 is 1.00 bits per heavy atom. The molecule has 0 unspecified atom stereocenters. The lowest BCUT2D eigenvalue weighted by molar-refractivity contribution is 0.217. The van der Waals surface area contributed by atoms with Crippen molar-refractivity contribution >= 4 is 29.4 Å². The van der Waals surface area contributed by atoms with Crippen molar-refractivity contribution in [1.29, 1.82) is 0 Å². The highest BCUT2D eigenvalue weighted by Crippen LogP contribution is 2.31. The van der Waals surface area contributed by atoms with Crippen molar-refractivity contribution in [2.45, 2.75) is 0 Å². The third-order valence-electron chi connectivity index (χ3n) is 3.43. The van der Waals surface area contributed by atoms with Crippen LogP contribution < -0.4 is 14.2 Å². The Morgan fingerprint density at radius 2 is 1.67 bits per heavy atom. The summed E-state index contributed by atoms with van der Waals surface area (Å²) in [6, 6.07) is 10.6. The van der Waals surface area contributed by atoms with Gasteiger partial charge in [0.2, 0.25) is 0 Å². The van der Waals surface area contributed by atoms with Gasteiger partial charge in [-0.25, -0.2) is 4.68 Å². The number of halogens is 2. The van der Waals surface area contributed by atoms with Crippen LogP contribution in [0, 0.1) is 0 Å². The first-order valence-corrected chi connectivity index (χ1v) is 8.69. The first kappa shape index (κ1) is 19.0. The molecule has 0 spiro atoms. The Bertz CT molecular complexity index is 900. The van der Waals surface area contributed by atoms with Crippen LogP contribution in [0.25, 0.3) is 0 Å². The van der Waals surface area contributed by atoms with Gasteiger partial charge in [-0.1, -0.05) is 23.2 Å². The first-order valence-electron chi connectivity index (χ1n) is 7.93. The lowest BCUT2D eigenvalue weighted by Gasteiger charge is -2.12. The van der Waals surface area contributed by atoms with Gasteiger partial charge in [-0.2, -0.15) is 5.10 Å². The molecule has 0 saturated heterocycles. The molecule has 1 heterocycles. The lowest BCUT2D eigenvalue weighted by Crippen LogP contribution is -2.10. The van der Waals surface area contributed by atoms with E-state index >= 15 is 0 Å². The van der Waals surface area contributed by atoms with Gasteiger partial charge in [-0.3, -0.25) is 0 Å². The van der Waals surface area contributed by atoms with E-state index in [9.17, 15) is 0 Å². The fourth-order valence-corrected chi connectivity index (χ4v) is 2.75. The molecule has 9 heteroatoms. The van der Waals surface area contributed by atoms with Crippen LogP contribution in [0.3, 0.4) is 0 Å². The minimum Gasteiger partial charge on any atom is -0.497 e. The molecule has 7 nitrogen and oxygen atoms in total. The maximum Gasteiger partial charge on any atom is 0.147 e. The van der Waals surface area contributed by atoms with Crippen LogP contribution in [0.1, 0.15) is 5.56 Å².